The van der Waals surface area contributed by atoms with Gasteiger partial charge in [-0.1, -0.05) is 243 Å². The minimum atomic E-state index is -0.0257. The van der Waals surface area contributed by atoms with Gasteiger partial charge in [-0.2, -0.15) is 0 Å². The molecule has 0 N–H and O–H groups in total. The van der Waals surface area contributed by atoms with E-state index in [2.05, 4.69) is 291 Å². The van der Waals surface area contributed by atoms with Gasteiger partial charge in [0.05, 0.1) is 28.5 Å². The molecule has 81 heavy (non-hydrogen) atoms. The Hall–Kier alpha value is -10.6. The fraction of sp³-hybridized carbons (Fsp3) is 0.0128. The van der Waals surface area contributed by atoms with E-state index in [9.17, 15) is 0 Å². The van der Waals surface area contributed by atoms with Gasteiger partial charge in [0.25, 0.3) is 0 Å². The molecule has 3 heteroatoms. The Labute approximate surface area is 469 Å². The fourth-order valence-electron chi connectivity index (χ4n) is 12.9. The minimum Gasteiger partial charge on any atom is -0.251 e. The number of aromatic nitrogens is 2. The lowest BCUT2D eigenvalue weighted by Crippen LogP contribution is -2.11. The van der Waals surface area contributed by atoms with Crippen LogP contribution in [0.1, 0.15) is 22.6 Å². The predicted molar refractivity (Wildman–Crippen MR) is 341 cm³/mol. The summed E-state index contributed by atoms with van der Waals surface area (Å²) >= 11 is 0. The second-order valence-corrected chi connectivity index (χ2v) is 21.4. The van der Waals surface area contributed by atoms with Gasteiger partial charge >= 0.3 is 0 Å². The second-order valence-electron chi connectivity index (χ2n) is 21.4. The summed E-state index contributed by atoms with van der Waals surface area (Å²) in [5.74, 6) is 0.612. The predicted octanol–water partition coefficient (Wildman–Crippen LogP) is 20.7. The molecule has 0 spiro atoms. The third-order valence-corrected chi connectivity index (χ3v) is 16.7. The largest absolute Gasteiger partial charge is 0.251 e. The Morgan fingerprint density at radius 2 is 0.778 bits per heavy atom. The monoisotopic (exact) mass is 1030 g/mol. The first-order chi connectivity index (χ1) is 40.1. The van der Waals surface area contributed by atoms with Crippen LogP contribution < -0.4 is 0 Å². The number of hydrogen-bond acceptors (Lipinski definition) is 3. The van der Waals surface area contributed by atoms with E-state index in [1.807, 2.05) is 0 Å². The first-order valence-corrected chi connectivity index (χ1v) is 27.8. The van der Waals surface area contributed by atoms with Crippen LogP contribution in [-0.2, 0) is 0 Å². The molecule has 0 saturated carbocycles. The van der Waals surface area contributed by atoms with E-state index in [0.717, 1.165) is 77.9 Å². The van der Waals surface area contributed by atoms with E-state index in [1.165, 1.54) is 76.3 Å². The summed E-state index contributed by atoms with van der Waals surface area (Å²) in [6.45, 7) is 0. The zero-order valence-electron chi connectivity index (χ0n) is 44.1. The molecule has 1 aromatic heterocycles. The maximum atomic E-state index is 5.83. The number of fused-ring (bicyclic) bond motifs is 9. The molecular formula is C78H49N3. The van der Waals surface area contributed by atoms with Crippen molar-refractivity contribution in [1.29, 1.82) is 0 Å². The molecule has 0 amide bonds. The van der Waals surface area contributed by atoms with E-state index >= 15 is 0 Å². The summed E-state index contributed by atoms with van der Waals surface area (Å²) in [4.78, 5) is 17.1. The van der Waals surface area contributed by atoms with Crippen molar-refractivity contribution in [1.82, 2.24) is 9.97 Å². The number of aliphatic imine (C=N–C) groups is 1. The highest BCUT2D eigenvalue weighted by Crippen LogP contribution is 2.48. The number of rotatable bonds is 8. The molecule has 0 radical (unpaired) electrons. The summed E-state index contributed by atoms with van der Waals surface area (Å²) in [6, 6.07) is 106. The van der Waals surface area contributed by atoms with Crippen LogP contribution in [0, 0.1) is 0 Å². The number of nitrogens with zero attached hydrogens (tertiary/aromatic N) is 3. The van der Waals surface area contributed by atoms with Gasteiger partial charge in [0, 0.05) is 22.1 Å². The van der Waals surface area contributed by atoms with Crippen molar-refractivity contribution in [3.8, 4) is 67.2 Å². The first-order valence-electron chi connectivity index (χ1n) is 27.8. The summed E-state index contributed by atoms with van der Waals surface area (Å²) < 4.78 is 0. The van der Waals surface area contributed by atoms with Gasteiger partial charge in [0.15, 0.2) is 5.82 Å². The summed E-state index contributed by atoms with van der Waals surface area (Å²) in [6.07, 6.45) is 0. The van der Waals surface area contributed by atoms with Gasteiger partial charge in [0.2, 0.25) is 0 Å². The van der Waals surface area contributed by atoms with Crippen LogP contribution >= 0.6 is 0 Å². The lowest BCUT2D eigenvalue weighted by molar-refractivity contribution is 1.11. The minimum absolute atomic E-state index is 0.0257. The maximum Gasteiger partial charge on any atom is 0.160 e. The Morgan fingerprint density at radius 3 is 1.46 bits per heavy atom. The fourth-order valence-corrected chi connectivity index (χ4v) is 12.9. The molecule has 1 aliphatic rings. The molecule has 0 aliphatic carbocycles. The highest BCUT2D eigenvalue weighted by molar-refractivity contribution is 6.19. The average molecular weight is 1030 g/mol. The van der Waals surface area contributed by atoms with Crippen LogP contribution in [-0.4, -0.2) is 15.7 Å². The van der Waals surface area contributed by atoms with Crippen molar-refractivity contribution in [2.75, 3.05) is 0 Å². The quantitative estimate of drug-likeness (QED) is 0.142. The second kappa shape index (κ2) is 19.1. The van der Waals surface area contributed by atoms with Crippen LogP contribution in [0.15, 0.2) is 296 Å². The van der Waals surface area contributed by atoms with Crippen molar-refractivity contribution in [3.63, 3.8) is 0 Å². The standard InChI is InChI=1S/C78H49N3/c1-5-21-49(22-6-1)57-42-58-41-55(37-39-62(58)68(45-57)50-23-7-2-8-24-50)75-72-47-59(69-43-53-29-13-15-31-60(53)63-33-17-19-35-65(63)69)46-71(70-44-54-30-14-16-32-61(54)64-34-18-20-36-66(64)70)77(72)81-78(80-75)56-38-40-67-73(48-56)79-76(52-27-11-4-12-28-52)74(67)51-25-9-3-10-26-51/h1-48,74H. The highest BCUT2D eigenvalue weighted by Gasteiger charge is 2.31. The first kappa shape index (κ1) is 46.5. The zero-order valence-corrected chi connectivity index (χ0v) is 44.1. The van der Waals surface area contributed by atoms with Gasteiger partial charge in [-0.05, 0) is 158 Å². The van der Waals surface area contributed by atoms with Crippen molar-refractivity contribution in [3.05, 3.63) is 308 Å². The molecule has 2 heterocycles. The molecule has 1 atom stereocenters. The van der Waals surface area contributed by atoms with Gasteiger partial charge < -0.3 is 0 Å². The van der Waals surface area contributed by atoms with Crippen molar-refractivity contribution in [2.45, 2.75) is 5.92 Å². The van der Waals surface area contributed by atoms with Gasteiger partial charge in [-0.15, -0.1) is 0 Å². The Kier molecular flexibility index (Phi) is 11.0. The normalized spacial score (nSPS) is 13.1. The van der Waals surface area contributed by atoms with Crippen LogP contribution in [0.5, 0.6) is 0 Å². The Bertz CT molecular complexity index is 5030. The van der Waals surface area contributed by atoms with E-state index in [0.29, 0.717) is 5.82 Å². The van der Waals surface area contributed by atoms with Crippen LogP contribution in [0.3, 0.4) is 0 Å². The van der Waals surface area contributed by atoms with E-state index in [1.54, 1.807) is 0 Å². The highest BCUT2D eigenvalue weighted by atomic mass is 14.9. The van der Waals surface area contributed by atoms with Crippen LogP contribution in [0.2, 0.25) is 0 Å². The van der Waals surface area contributed by atoms with Gasteiger partial charge in [-0.25, -0.2) is 9.97 Å². The van der Waals surface area contributed by atoms with Crippen molar-refractivity contribution in [2.24, 2.45) is 4.99 Å². The molecule has 16 rings (SSSR count). The van der Waals surface area contributed by atoms with Crippen LogP contribution in [0.4, 0.5) is 5.69 Å². The lowest BCUT2D eigenvalue weighted by Gasteiger charge is -2.19. The van der Waals surface area contributed by atoms with E-state index < -0.39 is 0 Å². The zero-order chi connectivity index (χ0) is 53.4. The molecule has 1 aliphatic heterocycles. The summed E-state index contributed by atoms with van der Waals surface area (Å²) in [5, 5.41) is 12.9. The SMILES string of the molecule is c1ccc(C2=Nc3cc(-c4nc(-c5ccc6c(-c7ccccc7)cc(-c7ccccc7)cc6c5)c5cc(-c6cc7ccccc7c7ccccc67)cc(-c6cc7ccccc7c7ccccc67)c5n4)ccc3C2c2ccccc2)cc1. The molecule has 0 bridgehead atoms. The number of benzene rings is 14. The molecule has 3 nitrogen and oxygen atoms in total. The molecular weight excluding hydrogens is 979 g/mol. The van der Waals surface area contributed by atoms with Crippen molar-refractivity contribution >= 4 is 76.2 Å². The third kappa shape index (κ3) is 7.93. The van der Waals surface area contributed by atoms with E-state index in [4.69, 9.17) is 15.0 Å². The molecule has 376 valence electrons. The summed E-state index contributed by atoms with van der Waals surface area (Å²) in [7, 11) is 0. The molecule has 0 fully saturated rings. The topological polar surface area (TPSA) is 38.1 Å². The third-order valence-electron chi connectivity index (χ3n) is 16.7. The molecule has 14 aromatic carbocycles. The Balaban J connectivity index is 1.01. The van der Waals surface area contributed by atoms with Gasteiger partial charge in [0.1, 0.15) is 0 Å². The van der Waals surface area contributed by atoms with Crippen LogP contribution in [0.25, 0.3) is 132 Å². The van der Waals surface area contributed by atoms with Crippen molar-refractivity contribution < 1.29 is 0 Å². The number of hydrogen-bond donors (Lipinski definition) is 0. The average Bonchev–Trinajstić information content (AvgIpc) is 4.06. The molecule has 15 aromatic rings. The maximum absolute atomic E-state index is 5.83. The molecule has 1 unspecified atom stereocenters. The summed E-state index contributed by atoms with van der Waals surface area (Å²) in [5.41, 5.74) is 18.2. The van der Waals surface area contributed by atoms with Gasteiger partial charge in [-0.3, -0.25) is 4.99 Å². The Morgan fingerprint density at radius 1 is 0.259 bits per heavy atom. The lowest BCUT2D eigenvalue weighted by atomic mass is 9.85. The smallest absolute Gasteiger partial charge is 0.160 e. The van der Waals surface area contributed by atoms with E-state index in [-0.39, 0.29) is 5.92 Å². The molecule has 0 saturated heterocycles.